The fourth-order valence-electron chi connectivity index (χ4n) is 4.03. The molecule has 0 N–H and O–H groups in total. The first kappa shape index (κ1) is 21.6. The van der Waals surface area contributed by atoms with Crippen LogP contribution in [0.5, 0.6) is 11.5 Å². The van der Waals surface area contributed by atoms with E-state index in [-0.39, 0.29) is 19.1 Å². The maximum absolute atomic E-state index is 12.9. The monoisotopic (exact) mass is 428 g/mol. The van der Waals surface area contributed by atoms with Crippen molar-refractivity contribution >= 4 is 5.82 Å². The number of nitrogens with zero attached hydrogens (tertiary/aromatic N) is 2. The third-order valence-electron chi connectivity index (χ3n) is 6.00. The number of halogens is 2. The lowest BCUT2D eigenvalue weighted by atomic mass is 9.95. The van der Waals surface area contributed by atoms with Crippen molar-refractivity contribution in [3.05, 3.63) is 60.3 Å². The van der Waals surface area contributed by atoms with Crippen LogP contribution in [0.4, 0.5) is 14.6 Å². The molecule has 6 heteroatoms. The number of aromatic nitrogens is 1. The van der Waals surface area contributed by atoms with E-state index >= 15 is 0 Å². The molecule has 1 aliphatic carbocycles. The third kappa shape index (κ3) is 5.54. The lowest BCUT2D eigenvalue weighted by Gasteiger charge is -2.19. The van der Waals surface area contributed by atoms with Gasteiger partial charge in [0.1, 0.15) is 23.4 Å². The number of ether oxygens (including phenoxy) is 2. The topological polar surface area (TPSA) is 34.6 Å². The van der Waals surface area contributed by atoms with Gasteiger partial charge in [0.05, 0.1) is 25.3 Å². The molecule has 0 spiro atoms. The zero-order valence-corrected chi connectivity index (χ0v) is 18.2. The van der Waals surface area contributed by atoms with Gasteiger partial charge in [-0.15, -0.1) is 6.58 Å². The van der Waals surface area contributed by atoms with Gasteiger partial charge in [-0.1, -0.05) is 24.6 Å². The second-order valence-corrected chi connectivity index (χ2v) is 8.93. The van der Waals surface area contributed by atoms with Gasteiger partial charge in [0.25, 0.3) is 5.92 Å². The number of benzene rings is 1. The van der Waals surface area contributed by atoms with Crippen molar-refractivity contribution in [1.82, 2.24) is 4.98 Å². The SMILES string of the molecule is C=C(C)C[C@@H](C)c1ccc(O[C@@H]2CCN(c3ccc(OC[C@H]4CC4(F)F)cn3)C2)cc1. The van der Waals surface area contributed by atoms with Crippen molar-refractivity contribution in [2.24, 2.45) is 5.92 Å². The Kier molecular flexibility index (Phi) is 6.17. The molecular weight excluding hydrogens is 398 g/mol. The van der Waals surface area contributed by atoms with Crippen LogP contribution in [0.1, 0.15) is 44.6 Å². The van der Waals surface area contributed by atoms with Gasteiger partial charge in [-0.05, 0) is 49.1 Å². The molecule has 0 amide bonds. The zero-order chi connectivity index (χ0) is 22.0. The van der Waals surface area contributed by atoms with Crippen LogP contribution in [0.2, 0.25) is 0 Å². The quantitative estimate of drug-likeness (QED) is 0.470. The molecule has 31 heavy (non-hydrogen) atoms. The van der Waals surface area contributed by atoms with Crippen molar-refractivity contribution in [1.29, 1.82) is 0 Å². The van der Waals surface area contributed by atoms with Crippen molar-refractivity contribution in [2.45, 2.75) is 51.1 Å². The Morgan fingerprint density at radius 1 is 1.23 bits per heavy atom. The summed E-state index contributed by atoms with van der Waals surface area (Å²) in [7, 11) is 0. The maximum Gasteiger partial charge on any atom is 0.255 e. The number of allylic oxidation sites excluding steroid dienone is 1. The van der Waals surface area contributed by atoms with E-state index in [1.807, 2.05) is 18.2 Å². The molecule has 1 aliphatic heterocycles. The fourth-order valence-corrected chi connectivity index (χ4v) is 4.03. The smallest absolute Gasteiger partial charge is 0.255 e. The van der Waals surface area contributed by atoms with Crippen molar-refractivity contribution in [2.75, 3.05) is 24.6 Å². The summed E-state index contributed by atoms with van der Waals surface area (Å²) in [5.74, 6) is -0.508. The van der Waals surface area contributed by atoms with Crippen molar-refractivity contribution in [3.8, 4) is 11.5 Å². The molecule has 2 aliphatic rings. The summed E-state index contributed by atoms with van der Waals surface area (Å²) in [4.78, 5) is 6.62. The summed E-state index contributed by atoms with van der Waals surface area (Å²) < 4.78 is 37.5. The van der Waals surface area contributed by atoms with Gasteiger partial charge in [0.15, 0.2) is 0 Å². The van der Waals surface area contributed by atoms with E-state index < -0.39 is 11.8 Å². The van der Waals surface area contributed by atoms with Crippen LogP contribution in [0.25, 0.3) is 0 Å². The lowest BCUT2D eigenvalue weighted by molar-refractivity contribution is 0.0855. The number of alkyl halides is 2. The molecule has 4 rings (SSSR count). The number of rotatable bonds is 9. The summed E-state index contributed by atoms with van der Waals surface area (Å²) >= 11 is 0. The van der Waals surface area contributed by atoms with Gasteiger partial charge in [0, 0.05) is 19.4 Å². The van der Waals surface area contributed by atoms with E-state index in [0.717, 1.165) is 37.5 Å². The van der Waals surface area contributed by atoms with Gasteiger partial charge in [-0.3, -0.25) is 0 Å². The van der Waals surface area contributed by atoms with Crippen LogP contribution < -0.4 is 14.4 Å². The molecule has 1 saturated carbocycles. The van der Waals surface area contributed by atoms with Gasteiger partial charge < -0.3 is 14.4 Å². The average molecular weight is 429 g/mol. The Hall–Kier alpha value is -2.63. The molecule has 3 atom stereocenters. The highest BCUT2D eigenvalue weighted by molar-refractivity contribution is 5.42. The highest BCUT2D eigenvalue weighted by atomic mass is 19.3. The highest BCUT2D eigenvalue weighted by Gasteiger charge is 2.57. The molecule has 166 valence electrons. The van der Waals surface area contributed by atoms with Crippen LogP contribution in [-0.4, -0.2) is 36.7 Å². The van der Waals surface area contributed by atoms with Gasteiger partial charge >= 0.3 is 0 Å². The van der Waals surface area contributed by atoms with Crippen LogP contribution in [0.3, 0.4) is 0 Å². The minimum Gasteiger partial charge on any atom is -0.491 e. The Morgan fingerprint density at radius 3 is 2.55 bits per heavy atom. The Labute approximate surface area is 182 Å². The zero-order valence-electron chi connectivity index (χ0n) is 18.2. The van der Waals surface area contributed by atoms with E-state index in [1.165, 1.54) is 11.1 Å². The number of hydrogen-bond donors (Lipinski definition) is 0. The van der Waals surface area contributed by atoms with Crippen molar-refractivity contribution in [3.63, 3.8) is 0 Å². The van der Waals surface area contributed by atoms with Crippen molar-refractivity contribution < 1.29 is 18.3 Å². The van der Waals surface area contributed by atoms with E-state index in [0.29, 0.717) is 11.7 Å². The second kappa shape index (κ2) is 8.85. The van der Waals surface area contributed by atoms with E-state index in [9.17, 15) is 8.78 Å². The highest BCUT2D eigenvalue weighted by Crippen LogP contribution is 2.48. The van der Waals surface area contributed by atoms with E-state index in [2.05, 4.69) is 42.4 Å². The van der Waals surface area contributed by atoms with Crippen LogP contribution in [-0.2, 0) is 0 Å². The minimum absolute atomic E-state index is 0.0401. The predicted molar refractivity (Wildman–Crippen MR) is 118 cm³/mol. The van der Waals surface area contributed by atoms with Crippen LogP contribution >= 0.6 is 0 Å². The predicted octanol–water partition coefficient (Wildman–Crippen LogP) is 5.84. The molecule has 2 fully saturated rings. The summed E-state index contributed by atoms with van der Waals surface area (Å²) in [6, 6.07) is 12.0. The first-order chi connectivity index (χ1) is 14.8. The molecule has 4 nitrogen and oxygen atoms in total. The van der Waals surface area contributed by atoms with Gasteiger partial charge in [-0.25, -0.2) is 13.8 Å². The molecule has 0 radical (unpaired) electrons. The van der Waals surface area contributed by atoms with Crippen LogP contribution in [0, 0.1) is 5.92 Å². The summed E-state index contributed by atoms with van der Waals surface area (Å²) in [6.07, 6.45) is 3.54. The average Bonchev–Trinajstić information content (AvgIpc) is 3.11. The molecule has 1 saturated heterocycles. The normalized spacial score (nSPS) is 22.8. The summed E-state index contributed by atoms with van der Waals surface area (Å²) in [5, 5.41) is 0. The molecule has 2 heterocycles. The van der Waals surface area contributed by atoms with E-state index in [1.54, 1.807) is 12.3 Å². The van der Waals surface area contributed by atoms with Crippen LogP contribution in [0.15, 0.2) is 54.7 Å². The Balaban J connectivity index is 1.26. The Bertz CT molecular complexity index is 899. The Morgan fingerprint density at radius 2 is 1.94 bits per heavy atom. The maximum atomic E-state index is 12.9. The first-order valence-electron chi connectivity index (χ1n) is 10.9. The number of pyridine rings is 1. The number of anilines is 1. The molecule has 1 aromatic carbocycles. The molecular formula is C25H30F2N2O2. The second-order valence-electron chi connectivity index (χ2n) is 8.93. The third-order valence-corrected chi connectivity index (χ3v) is 6.00. The van der Waals surface area contributed by atoms with Gasteiger partial charge in [-0.2, -0.15) is 0 Å². The van der Waals surface area contributed by atoms with Gasteiger partial charge in [0.2, 0.25) is 0 Å². The first-order valence-corrected chi connectivity index (χ1v) is 10.9. The molecule has 0 bridgehead atoms. The standard InChI is InChI=1S/C25H30F2N2O2/c1-17(2)12-18(3)19-4-6-21(7-5-19)31-23-10-11-29(15-23)24-9-8-22(14-28-24)30-16-20-13-25(20,26)27/h4-9,14,18,20,23H,1,10-13,15-16H2,2-3H3/t18-,20-,23-/m1/s1. The number of hydrogen-bond acceptors (Lipinski definition) is 4. The summed E-state index contributed by atoms with van der Waals surface area (Å²) in [6.45, 7) is 9.93. The van der Waals surface area contributed by atoms with E-state index in [4.69, 9.17) is 9.47 Å². The lowest BCUT2D eigenvalue weighted by Crippen LogP contribution is -2.25. The fraction of sp³-hybridized carbons (Fsp3) is 0.480. The molecule has 2 aromatic rings. The largest absolute Gasteiger partial charge is 0.491 e. The molecule has 0 unspecified atom stereocenters. The summed E-state index contributed by atoms with van der Waals surface area (Å²) in [5.41, 5.74) is 2.48. The minimum atomic E-state index is -2.55. The molecule has 1 aromatic heterocycles.